The number of benzene rings is 3. The van der Waals surface area contributed by atoms with Crippen molar-refractivity contribution in [2.45, 2.75) is 146 Å². The zero-order valence-corrected chi connectivity index (χ0v) is 51.1. The molecule has 9 atom stereocenters. The Balaban J connectivity index is 1.42. The number of rotatable bonds is 39. The molecule has 0 aliphatic rings. The van der Waals surface area contributed by atoms with Crippen LogP contribution in [-0.4, -0.2) is 155 Å². The van der Waals surface area contributed by atoms with Crippen LogP contribution in [0.3, 0.4) is 0 Å². The minimum Gasteiger partial charge on any atom is -0.480 e. The lowest BCUT2D eigenvalue weighted by molar-refractivity contribution is -0.142. The Morgan fingerprint density at radius 2 is 0.844 bits per heavy atom. The van der Waals surface area contributed by atoms with E-state index in [1.807, 2.05) is 72.8 Å². The lowest BCUT2D eigenvalue weighted by atomic mass is 9.96. The molecule has 0 fully saturated rings. The van der Waals surface area contributed by atoms with Gasteiger partial charge in [0.25, 0.3) is 0 Å². The summed E-state index contributed by atoms with van der Waals surface area (Å²) in [6, 6.07) is 13.3. The van der Waals surface area contributed by atoms with Crippen LogP contribution in [0.25, 0.3) is 21.8 Å². The van der Waals surface area contributed by atoms with Gasteiger partial charge in [0.15, 0.2) is 17.9 Å². The molecule has 0 unspecified atom stereocenters. The summed E-state index contributed by atoms with van der Waals surface area (Å²) in [6.07, 6.45) is 4.90. The third-order valence-corrected chi connectivity index (χ3v) is 15.2. The molecule has 2 heterocycles. The van der Waals surface area contributed by atoms with E-state index in [0.29, 0.717) is 30.4 Å². The van der Waals surface area contributed by atoms with Crippen molar-refractivity contribution in [1.82, 2.24) is 47.2 Å². The van der Waals surface area contributed by atoms with Gasteiger partial charge in [-0.05, 0) is 105 Å². The van der Waals surface area contributed by atoms with Crippen molar-refractivity contribution in [2.75, 3.05) is 26.2 Å². The number of fused-ring (bicyclic) bond motifs is 2. The van der Waals surface area contributed by atoms with Crippen LogP contribution in [0.4, 0.5) is 0 Å². The number of H-pyrrole nitrogens is 2. The second kappa shape index (κ2) is 36.5. The number of aromatic nitrogens is 2. The Labute approximate surface area is 522 Å². The number of unbranched alkanes of at least 4 members (excludes halogenated alkanes) is 1. The molecule has 0 aliphatic carbocycles. The average Bonchev–Trinajstić information content (AvgIpc) is 1.75. The number of carbonyl (C=O) groups excluding carboxylic acids is 7. The number of carboxylic acid groups (broad SMARTS) is 1. The first-order valence-corrected chi connectivity index (χ1v) is 30.2. The van der Waals surface area contributed by atoms with Crippen molar-refractivity contribution < 1.29 is 43.5 Å². The molecular weight excluding hydrogens is 1160 g/mol. The molecule has 5 aromatic rings. The minimum absolute atomic E-state index is 0.0140. The van der Waals surface area contributed by atoms with Gasteiger partial charge < -0.3 is 98.2 Å². The fraction of sp³-hybridized carbons (Fsp3) is 0.459. The largest absolute Gasteiger partial charge is 0.480 e. The fourth-order valence-electron chi connectivity index (χ4n) is 10.1. The third-order valence-electron chi connectivity index (χ3n) is 15.2. The maximum atomic E-state index is 14.8. The number of para-hydroxylation sites is 2. The summed E-state index contributed by atoms with van der Waals surface area (Å²) < 4.78 is 0. The van der Waals surface area contributed by atoms with Gasteiger partial charge in [-0.25, -0.2) is 4.79 Å². The van der Waals surface area contributed by atoms with Crippen LogP contribution in [0.2, 0.25) is 0 Å². The predicted molar refractivity (Wildman–Crippen MR) is 345 cm³/mol. The lowest BCUT2D eigenvalue weighted by Crippen LogP contribution is -2.61. The number of hydrogen-bond acceptors (Lipinski definition) is 13. The van der Waals surface area contributed by atoms with Crippen LogP contribution >= 0.6 is 0 Å². The Bertz CT molecular complexity index is 3260. The molecule has 0 saturated carbocycles. The summed E-state index contributed by atoms with van der Waals surface area (Å²) >= 11 is 0. The van der Waals surface area contributed by atoms with Crippen molar-refractivity contribution >= 4 is 87.0 Å². The van der Waals surface area contributed by atoms with Gasteiger partial charge in [-0.15, -0.1) is 0 Å². The minimum atomic E-state index is -1.40. The molecule has 0 saturated heterocycles. The number of aromatic amines is 2. The van der Waals surface area contributed by atoms with Crippen molar-refractivity contribution in [3.63, 3.8) is 0 Å². The highest BCUT2D eigenvalue weighted by atomic mass is 16.4. The second-order valence-electron chi connectivity index (χ2n) is 22.1. The maximum Gasteiger partial charge on any atom is 0.326 e. The van der Waals surface area contributed by atoms with Gasteiger partial charge in [-0.2, -0.15) is 0 Å². The monoisotopic (exact) mass is 1250 g/mol. The first-order chi connectivity index (χ1) is 43.1. The van der Waals surface area contributed by atoms with Crippen molar-refractivity contribution in [1.29, 1.82) is 0 Å². The van der Waals surface area contributed by atoms with Crippen LogP contribution in [0.5, 0.6) is 0 Å². The predicted octanol–water partition coefficient (Wildman–Crippen LogP) is -1.18. The van der Waals surface area contributed by atoms with E-state index in [1.54, 1.807) is 32.3 Å². The van der Waals surface area contributed by atoms with Gasteiger partial charge in [0, 0.05) is 66.7 Å². The van der Waals surface area contributed by atoms with Gasteiger partial charge in [0.05, 0.1) is 6.04 Å². The quantitative estimate of drug-likeness (QED) is 0.0125. The van der Waals surface area contributed by atoms with E-state index >= 15 is 0 Å². The average molecular weight is 1250 g/mol. The zero-order valence-electron chi connectivity index (χ0n) is 51.1. The first-order valence-electron chi connectivity index (χ1n) is 30.2. The molecule has 0 spiro atoms. The SMILES string of the molecule is CC[C@H](C)[C@H](NC(=O)[C@H](CCCN=C(N)N)NC(=O)[C@H](Cc1c[nH]c2ccccc12)NC(=O)[C@@H](N)Cc1ccccc1)C(=O)N[C@@H](CCCN=C(N)N)C(=O)N[C@@H](CCCCN)C(=O)N[C@@H](Cc1c[nH]c2ccccc12)C(=O)N[C@@H](CCCN=C(N)N)C(=O)O. The number of nitrogens with two attached hydrogens (primary N) is 8. The summed E-state index contributed by atoms with van der Waals surface area (Å²) in [5.41, 5.74) is 49.3. The molecule has 5 rings (SSSR count). The zero-order chi connectivity index (χ0) is 65.7. The van der Waals surface area contributed by atoms with Crippen LogP contribution in [0, 0.1) is 5.92 Å². The molecule has 2 aromatic heterocycles. The number of guanidine groups is 3. The van der Waals surface area contributed by atoms with Crippen molar-refractivity contribution in [2.24, 2.45) is 66.8 Å². The van der Waals surface area contributed by atoms with E-state index in [-0.39, 0.29) is 108 Å². The number of nitrogens with zero attached hydrogens (tertiary/aromatic N) is 3. The Kier molecular flexibility index (Phi) is 28.8. The highest BCUT2D eigenvalue weighted by Crippen LogP contribution is 2.22. The highest BCUT2D eigenvalue weighted by molar-refractivity contribution is 5.98. The molecular formula is C61H90N20O9. The van der Waals surface area contributed by atoms with Crippen molar-refractivity contribution in [3.8, 4) is 0 Å². The molecule has 0 aliphatic heterocycles. The topological polar surface area (TPSA) is 518 Å². The van der Waals surface area contributed by atoms with E-state index in [0.717, 1.165) is 27.4 Å². The summed E-state index contributed by atoms with van der Waals surface area (Å²) in [6.45, 7) is 3.94. The Morgan fingerprint density at radius 1 is 0.467 bits per heavy atom. The molecule has 26 N–H and O–H groups in total. The molecule has 0 bridgehead atoms. The molecule has 29 nitrogen and oxygen atoms in total. The van der Waals surface area contributed by atoms with Gasteiger partial charge >= 0.3 is 5.97 Å². The molecule has 29 heteroatoms. The highest BCUT2D eigenvalue weighted by Gasteiger charge is 2.36. The number of aliphatic imine (C=N–C) groups is 3. The van der Waals surface area contributed by atoms with Crippen LogP contribution in [0.1, 0.15) is 94.7 Å². The maximum absolute atomic E-state index is 14.8. The standard InChI is InChI=1S/C61H90N20O9/c1-3-35(2)50(81-54(85)46(24-14-28-71-60(66)67)76-55(86)48(31-37-33-73-42-20-9-7-18-39(37)42)79-51(82)41(63)30-36-16-5-4-6-17-36)57(88)77-45(23-13-27-70-59(64)65)52(83)75-44(22-11-12-26-62)53(84)80-49(32-38-34-74-43-21-10-8-19-40(38)43)56(87)78-47(58(89)90)25-15-29-72-61(68)69/h4-10,16-21,33-35,41,44-50,73-74H,3,11-15,22-32,62-63H2,1-2H3,(H,75,83)(H,76,86)(H,77,88)(H,78,87)(H,79,82)(H,80,84)(H,81,85)(H,89,90)(H4,64,65,70)(H4,66,67,71)(H4,68,69,72)/t35-,41-,44-,45-,46-,47-,48-,49-,50-/m0/s1. The normalized spacial score (nSPS) is 14.1. The van der Waals surface area contributed by atoms with Gasteiger partial charge in [0.2, 0.25) is 41.4 Å². The van der Waals surface area contributed by atoms with Crippen LogP contribution < -0.4 is 83.1 Å². The Morgan fingerprint density at radius 3 is 1.29 bits per heavy atom. The summed E-state index contributed by atoms with van der Waals surface area (Å²) in [5.74, 6) is -7.93. The second-order valence-corrected chi connectivity index (χ2v) is 22.1. The summed E-state index contributed by atoms with van der Waals surface area (Å²) in [4.78, 5) is 132. The number of carboxylic acids is 1. The molecule has 3 aromatic carbocycles. The van der Waals surface area contributed by atoms with E-state index in [4.69, 9.17) is 45.9 Å². The van der Waals surface area contributed by atoms with Gasteiger partial charge in [0.1, 0.15) is 42.3 Å². The van der Waals surface area contributed by atoms with Gasteiger partial charge in [-0.1, -0.05) is 87.0 Å². The first kappa shape index (κ1) is 71.0. The number of carbonyl (C=O) groups is 8. The number of nitrogens with one attached hydrogen (secondary N) is 9. The van der Waals surface area contributed by atoms with Crippen molar-refractivity contribution in [3.05, 3.63) is 108 Å². The van der Waals surface area contributed by atoms with Crippen LogP contribution in [0.15, 0.2) is 106 Å². The molecule has 0 radical (unpaired) electrons. The van der Waals surface area contributed by atoms with Crippen LogP contribution in [-0.2, 0) is 57.6 Å². The molecule has 488 valence electrons. The number of amides is 7. The van der Waals surface area contributed by atoms with Gasteiger partial charge in [-0.3, -0.25) is 48.5 Å². The van der Waals surface area contributed by atoms with E-state index < -0.39 is 102 Å². The lowest BCUT2D eigenvalue weighted by Gasteiger charge is -2.30. The Hall–Kier alpha value is -9.77. The number of aliphatic carboxylic acids is 1. The molecule has 90 heavy (non-hydrogen) atoms. The van der Waals surface area contributed by atoms with E-state index in [2.05, 4.69) is 62.2 Å². The van der Waals surface area contributed by atoms with E-state index in [9.17, 15) is 43.5 Å². The fourth-order valence-corrected chi connectivity index (χ4v) is 10.1. The summed E-state index contributed by atoms with van der Waals surface area (Å²) in [5, 5.41) is 31.0. The smallest absolute Gasteiger partial charge is 0.326 e. The third kappa shape index (κ3) is 23.1. The van der Waals surface area contributed by atoms with E-state index in [1.165, 1.54) is 0 Å². The number of hydrogen-bond donors (Lipinski definition) is 18. The summed E-state index contributed by atoms with van der Waals surface area (Å²) in [7, 11) is 0. The molecule has 7 amide bonds.